The molecule has 0 saturated heterocycles. The molecule has 0 heterocycles. The molecular weight excluding hydrogens is 240 g/mol. The Bertz CT molecular complexity index is 415. The highest BCUT2D eigenvalue weighted by molar-refractivity contribution is 5.89. The smallest absolute Gasteiger partial charge is 0.335 e. The summed E-state index contributed by atoms with van der Waals surface area (Å²) in [5.74, 6) is -0.870. The minimum Gasteiger partial charge on any atom is -0.478 e. The summed E-state index contributed by atoms with van der Waals surface area (Å²) >= 11 is 0. The number of nitrogens with one attached hydrogen (secondary N) is 1. The average molecular weight is 264 g/mol. The van der Waals surface area contributed by atoms with E-state index >= 15 is 0 Å². The van der Waals surface area contributed by atoms with Gasteiger partial charge in [-0.2, -0.15) is 0 Å². The lowest BCUT2D eigenvalue weighted by molar-refractivity contribution is 0.0696. The summed E-state index contributed by atoms with van der Waals surface area (Å²) in [5, 5.41) is 12.3. The maximum Gasteiger partial charge on any atom is 0.335 e. The molecule has 0 atom stereocenters. The standard InChI is InChI=1S/C15H24N2O2/c1-4-17(5-2)10-6-9-16-13-7-8-14(15(18)19)12(3)11-13/h7-8,11,16H,4-6,9-10H2,1-3H3,(H,18,19). The molecule has 4 heteroatoms. The molecule has 0 unspecified atom stereocenters. The molecule has 0 fully saturated rings. The van der Waals surface area contributed by atoms with Crippen LogP contribution < -0.4 is 5.32 Å². The monoisotopic (exact) mass is 264 g/mol. The predicted molar refractivity (Wildman–Crippen MR) is 79.0 cm³/mol. The van der Waals surface area contributed by atoms with E-state index in [1.165, 1.54) is 0 Å². The van der Waals surface area contributed by atoms with Crippen LogP contribution in [-0.2, 0) is 0 Å². The summed E-state index contributed by atoms with van der Waals surface area (Å²) in [6.07, 6.45) is 1.08. The summed E-state index contributed by atoms with van der Waals surface area (Å²) in [5.41, 5.74) is 2.15. The molecule has 2 N–H and O–H groups in total. The number of aryl methyl sites for hydroxylation is 1. The maximum atomic E-state index is 10.9. The summed E-state index contributed by atoms with van der Waals surface area (Å²) in [4.78, 5) is 13.3. The van der Waals surface area contributed by atoms with E-state index < -0.39 is 5.97 Å². The van der Waals surface area contributed by atoms with Crippen molar-refractivity contribution >= 4 is 11.7 Å². The third-order valence-corrected chi connectivity index (χ3v) is 3.33. The van der Waals surface area contributed by atoms with Crippen molar-refractivity contribution in [3.05, 3.63) is 29.3 Å². The minimum atomic E-state index is -0.870. The highest BCUT2D eigenvalue weighted by atomic mass is 16.4. The number of rotatable bonds is 8. The third kappa shape index (κ3) is 4.91. The number of carboxylic acid groups (broad SMARTS) is 1. The van der Waals surface area contributed by atoms with Crippen molar-refractivity contribution in [1.29, 1.82) is 0 Å². The summed E-state index contributed by atoms with van der Waals surface area (Å²) in [6, 6.07) is 5.37. The quantitative estimate of drug-likeness (QED) is 0.709. The van der Waals surface area contributed by atoms with E-state index in [0.29, 0.717) is 5.56 Å². The fraction of sp³-hybridized carbons (Fsp3) is 0.533. The number of carbonyl (C=O) groups is 1. The Kier molecular flexibility index (Phi) is 6.36. The SMILES string of the molecule is CCN(CC)CCCNc1ccc(C(=O)O)c(C)c1. The van der Waals surface area contributed by atoms with Crippen LogP contribution in [0.25, 0.3) is 0 Å². The summed E-state index contributed by atoms with van der Waals surface area (Å²) < 4.78 is 0. The first-order chi connectivity index (χ1) is 9.08. The van der Waals surface area contributed by atoms with Crippen molar-refractivity contribution in [3.63, 3.8) is 0 Å². The number of hydrogen-bond acceptors (Lipinski definition) is 3. The Hall–Kier alpha value is -1.55. The lowest BCUT2D eigenvalue weighted by Gasteiger charge is -2.18. The maximum absolute atomic E-state index is 10.9. The molecule has 0 bridgehead atoms. The van der Waals surface area contributed by atoms with Gasteiger partial charge in [-0.15, -0.1) is 0 Å². The van der Waals surface area contributed by atoms with E-state index in [2.05, 4.69) is 24.1 Å². The molecular formula is C15H24N2O2. The van der Waals surface area contributed by atoms with Gasteiger partial charge in [-0.3, -0.25) is 0 Å². The molecule has 19 heavy (non-hydrogen) atoms. The van der Waals surface area contributed by atoms with E-state index in [4.69, 9.17) is 5.11 Å². The fourth-order valence-electron chi connectivity index (χ4n) is 2.09. The van der Waals surface area contributed by atoms with Crippen LogP contribution in [0, 0.1) is 6.92 Å². The van der Waals surface area contributed by atoms with Crippen LogP contribution in [0.1, 0.15) is 36.2 Å². The first-order valence-corrected chi connectivity index (χ1v) is 6.88. The van der Waals surface area contributed by atoms with Gasteiger partial charge in [0.15, 0.2) is 0 Å². The van der Waals surface area contributed by atoms with E-state index in [1.807, 2.05) is 19.1 Å². The van der Waals surface area contributed by atoms with Crippen molar-refractivity contribution in [3.8, 4) is 0 Å². The Balaban J connectivity index is 2.42. The first-order valence-electron chi connectivity index (χ1n) is 6.88. The number of hydrogen-bond donors (Lipinski definition) is 2. The van der Waals surface area contributed by atoms with Gasteiger partial charge < -0.3 is 15.3 Å². The Labute approximate surface area is 115 Å². The van der Waals surface area contributed by atoms with Gasteiger partial charge in [-0.25, -0.2) is 4.79 Å². The van der Waals surface area contributed by atoms with Crippen LogP contribution in [0.5, 0.6) is 0 Å². The van der Waals surface area contributed by atoms with Crippen LogP contribution in [0.2, 0.25) is 0 Å². The zero-order valence-corrected chi connectivity index (χ0v) is 12.1. The number of anilines is 1. The number of carboxylic acids is 1. The molecule has 1 aromatic rings. The van der Waals surface area contributed by atoms with E-state index in [-0.39, 0.29) is 0 Å². The number of benzene rings is 1. The van der Waals surface area contributed by atoms with Gasteiger partial charge in [0.25, 0.3) is 0 Å². The number of aromatic carboxylic acids is 1. The van der Waals surface area contributed by atoms with Gasteiger partial charge in [0.1, 0.15) is 0 Å². The summed E-state index contributed by atoms with van der Waals surface area (Å²) in [7, 11) is 0. The van der Waals surface area contributed by atoms with Gasteiger partial charge in [0, 0.05) is 12.2 Å². The van der Waals surface area contributed by atoms with Crippen molar-refractivity contribution in [2.75, 3.05) is 31.5 Å². The Morgan fingerprint density at radius 3 is 2.53 bits per heavy atom. The lowest BCUT2D eigenvalue weighted by atomic mass is 10.1. The molecule has 1 aromatic carbocycles. The van der Waals surface area contributed by atoms with Gasteiger partial charge in [0.05, 0.1) is 5.56 Å². The molecule has 106 valence electrons. The number of nitrogens with zero attached hydrogens (tertiary/aromatic N) is 1. The second-order valence-electron chi connectivity index (χ2n) is 4.64. The molecule has 0 aromatic heterocycles. The Morgan fingerprint density at radius 2 is 2.00 bits per heavy atom. The highest BCUT2D eigenvalue weighted by Gasteiger charge is 2.06. The molecule has 1 rings (SSSR count). The van der Waals surface area contributed by atoms with Gasteiger partial charge in [0.2, 0.25) is 0 Å². The van der Waals surface area contributed by atoms with Gasteiger partial charge in [-0.05, 0) is 56.7 Å². The average Bonchev–Trinajstić information content (AvgIpc) is 2.38. The largest absolute Gasteiger partial charge is 0.478 e. The topological polar surface area (TPSA) is 52.6 Å². The lowest BCUT2D eigenvalue weighted by Crippen LogP contribution is -2.25. The molecule has 0 aliphatic heterocycles. The van der Waals surface area contributed by atoms with Crippen molar-refractivity contribution < 1.29 is 9.90 Å². The summed E-state index contributed by atoms with van der Waals surface area (Å²) in [6.45, 7) is 10.3. The Morgan fingerprint density at radius 1 is 1.32 bits per heavy atom. The highest BCUT2D eigenvalue weighted by Crippen LogP contribution is 2.15. The predicted octanol–water partition coefficient (Wildman–Crippen LogP) is 2.84. The zero-order chi connectivity index (χ0) is 14.3. The van der Waals surface area contributed by atoms with Crippen LogP contribution in [-0.4, -0.2) is 42.2 Å². The van der Waals surface area contributed by atoms with Crippen LogP contribution in [0.15, 0.2) is 18.2 Å². The first kappa shape index (κ1) is 15.5. The molecule has 0 aliphatic rings. The van der Waals surface area contributed by atoms with Crippen LogP contribution in [0.3, 0.4) is 0 Å². The zero-order valence-electron chi connectivity index (χ0n) is 12.1. The normalized spacial score (nSPS) is 10.7. The molecule has 0 amide bonds. The molecule has 4 nitrogen and oxygen atoms in total. The minimum absolute atomic E-state index is 0.369. The second kappa shape index (κ2) is 7.79. The third-order valence-electron chi connectivity index (χ3n) is 3.33. The second-order valence-corrected chi connectivity index (χ2v) is 4.64. The van der Waals surface area contributed by atoms with E-state index in [0.717, 1.165) is 43.9 Å². The molecule has 0 aliphatic carbocycles. The molecule has 0 saturated carbocycles. The molecule has 0 spiro atoms. The van der Waals surface area contributed by atoms with Crippen LogP contribution >= 0.6 is 0 Å². The fourth-order valence-corrected chi connectivity index (χ4v) is 2.09. The molecule has 0 radical (unpaired) electrons. The van der Waals surface area contributed by atoms with E-state index in [9.17, 15) is 4.79 Å². The van der Waals surface area contributed by atoms with Crippen molar-refractivity contribution in [1.82, 2.24) is 4.90 Å². The van der Waals surface area contributed by atoms with Gasteiger partial charge in [-0.1, -0.05) is 13.8 Å². The van der Waals surface area contributed by atoms with Crippen molar-refractivity contribution in [2.24, 2.45) is 0 Å². The van der Waals surface area contributed by atoms with E-state index in [1.54, 1.807) is 6.07 Å². The van der Waals surface area contributed by atoms with Crippen molar-refractivity contribution in [2.45, 2.75) is 27.2 Å². The van der Waals surface area contributed by atoms with Crippen LogP contribution in [0.4, 0.5) is 5.69 Å². The van der Waals surface area contributed by atoms with Gasteiger partial charge >= 0.3 is 5.97 Å².